The van der Waals surface area contributed by atoms with Crippen molar-refractivity contribution in [1.29, 1.82) is 0 Å². The van der Waals surface area contributed by atoms with Crippen molar-refractivity contribution in [2.75, 3.05) is 20.2 Å². The summed E-state index contributed by atoms with van der Waals surface area (Å²) in [5, 5.41) is 2.39. The molecule has 13 heteroatoms. The fourth-order valence-corrected chi connectivity index (χ4v) is 5.50. The van der Waals surface area contributed by atoms with Gasteiger partial charge in [-0.2, -0.15) is 17.5 Å². The van der Waals surface area contributed by atoms with Crippen molar-refractivity contribution in [3.8, 4) is 0 Å². The summed E-state index contributed by atoms with van der Waals surface area (Å²) >= 11 is 0. The molecule has 0 spiro atoms. The number of carbonyl (C=O) groups is 1. The molecular weight excluding hydrogens is 401 g/mol. The number of halogens is 3. The third-order valence-corrected chi connectivity index (χ3v) is 7.32. The van der Waals surface area contributed by atoms with E-state index in [1.807, 2.05) is 0 Å². The molecule has 1 saturated heterocycles. The molecule has 0 aliphatic carbocycles. The number of alkyl carbamates (subject to hydrolysis) is 1. The molecule has 8 nitrogen and oxygen atoms in total. The van der Waals surface area contributed by atoms with Gasteiger partial charge in [-0.15, -0.1) is 0 Å². The van der Waals surface area contributed by atoms with E-state index in [-0.39, 0.29) is 19.5 Å². The van der Waals surface area contributed by atoms with Crippen LogP contribution >= 0.6 is 0 Å². The maximum Gasteiger partial charge on any atom is 0.501 e. The van der Waals surface area contributed by atoms with Gasteiger partial charge in [-0.3, -0.25) is 0 Å². The predicted molar refractivity (Wildman–Crippen MR) is 82.4 cm³/mol. The fourth-order valence-electron chi connectivity index (χ4n) is 2.44. The molecule has 1 heterocycles. The van der Waals surface area contributed by atoms with Gasteiger partial charge in [0.05, 0.1) is 12.0 Å². The summed E-state index contributed by atoms with van der Waals surface area (Å²) in [7, 11) is -9.26. The number of rotatable bonds is 4. The van der Waals surface area contributed by atoms with Crippen molar-refractivity contribution in [1.82, 2.24) is 9.62 Å². The van der Waals surface area contributed by atoms with Crippen molar-refractivity contribution >= 4 is 26.0 Å². The second-order valence-electron chi connectivity index (χ2n) is 5.38. The predicted octanol–water partition coefficient (Wildman–Crippen LogP) is 1.10. The van der Waals surface area contributed by atoms with Gasteiger partial charge in [-0.05, 0) is 18.6 Å². The standard InChI is InChI=1S/C13H15F3N2O6S2/c1-24-12(19)17-9-6-7-18(8-9)26(22,23)11-5-3-2-4-10(11)25(20,21)13(14,15)16/h2-5,9H,6-8H2,1H3,(H,17,19). The lowest BCUT2D eigenvalue weighted by atomic mass is 10.3. The number of hydrogen-bond donors (Lipinski definition) is 1. The van der Waals surface area contributed by atoms with Crippen LogP contribution in [0.25, 0.3) is 0 Å². The molecule has 0 saturated carbocycles. The zero-order chi connectivity index (χ0) is 19.8. The number of hydrogen-bond acceptors (Lipinski definition) is 6. The second kappa shape index (κ2) is 7.04. The number of nitrogens with one attached hydrogen (secondary N) is 1. The lowest BCUT2D eigenvalue weighted by Gasteiger charge is -2.19. The number of amides is 1. The minimum Gasteiger partial charge on any atom is -0.453 e. The van der Waals surface area contributed by atoms with Crippen LogP contribution in [0.2, 0.25) is 0 Å². The first kappa shape index (κ1) is 20.5. The smallest absolute Gasteiger partial charge is 0.453 e. The molecule has 1 fully saturated rings. The molecule has 1 N–H and O–H groups in total. The van der Waals surface area contributed by atoms with E-state index < -0.39 is 47.3 Å². The Labute approximate surface area is 147 Å². The van der Waals surface area contributed by atoms with Crippen molar-refractivity contribution < 1.29 is 39.5 Å². The third-order valence-electron chi connectivity index (χ3n) is 3.72. The zero-order valence-corrected chi connectivity index (χ0v) is 15.0. The van der Waals surface area contributed by atoms with Crippen LogP contribution in [0.5, 0.6) is 0 Å². The Morgan fingerprint density at radius 2 is 1.77 bits per heavy atom. The van der Waals surface area contributed by atoms with E-state index in [0.717, 1.165) is 29.6 Å². The van der Waals surface area contributed by atoms with E-state index in [2.05, 4.69) is 10.1 Å². The van der Waals surface area contributed by atoms with Gasteiger partial charge >= 0.3 is 11.6 Å². The summed E-state index contributed by atoms with van der Waals surface area (Å²) in [4.78, 5) is 8.89. The molecule has 0 aromatic heterocycles. The second-order valence-corrected chi connectivity index (χ2v) is 9.20. The molecule has 1 aromatic carbocycles. The van der Waals surface area contributed by atoms with Crippen LogP contribution in [-0.4, -0.2) is 59.0 Å². The molecule has 0 bridgehead atoms. The Morgan fingerprint density at radius 3 is 2.31 bits per heavy atom. The molecule has 2 rings (SSSR count). The Morgan fingerprint density at radius 1 is 1.19 bits per heavy atom. The largest absolute Gasteiger partial charge is 0.501 e. The lowest BCUT2D eigenvalue weighted by molar-refractivity contribution is -0.0437. The van der Waals surface area contributed by atoms with Crippen molar-refractivity contribution in [2.45, 2.75) is 27.8 Å². The average molecular weight is 416 g/mol. The van der Waals surface area contributed by atoms with E-state index in [1.54, 1.807) is 0 Å². The van der Waals surface area contributed by atoms with Crippen LogP contribution in [0.4, 0.5) is 18.0 Å². The highest BCUT2D eigenvalue weighted by molar-refractivity contribution is 7.94. The minimum atomic E-state index is -5.85. The van der Waals surface area contributed by atoms with Gasteiger partial charge in [0.2, 0.25) is 10.0 Å². The zero-order valence-electron chi connectivity index (χ0n) is 13.4. The van der Waals surface area contributed by atoms with Crippen LogP contribution in [0, 0.1) is 0 Å². The van der Waals surface area contributed by atoms with Gasteiger partial charge in [0, 0.05) is 19.1 Å². The van der Waals surface area contributed by atoms with Crippen LogP contribution in [-0.2, 0) is 24.6 Å². The normalized spacial score (nSPS) is 19.3. The number of methoxy groups -OCH3 is 1. The molecule has 1 unspecified atom stereocenters. The van der Waals surface area contributed by atoms with Gasteiger partial charge < -0.3 is 10.1 Å². The van der Waals surface area contributed by atoms with Crippen molar-refractivity contribution in [2.24, 2.45) is 0 Å². The summed E-state index contributed by atoms with van der Waals surface area (Å²) in [5.41, 5.74) is -5.64. The molecule has 26 heavy (non-hydrogen) atoms. The van der Waals surface area contributed by atoms with Gasteiger partial charge in [0.15, 0.2) is 0 Å². The molecule has 146 valence electrons. The number of sulfonamides is 1. The molecule has 1 aromatic rings. The Kier molecular flexibility index (Phi) is 5.54. The summed E-state index contributed by atoms with van der Waals surface area (Å²) in [6, 6.07) is 2.92. The van der Waals surface area contributed by atoms with Crippen molar-refractivity contribution in [3.63, 3.8) is 0 Å². The maximum atomic E-state index is 12.9. The average Bonchev–Trinajstić information content (AvgIpc) is 3.03. The van der Waals surface area contributed by atoms with Crippen LogP contribution in [0.3, 0.4) is 0 Å². The highest BCUT2D eigenvalue weighted by atomic mass is 32.2. The van der Waals surface area contributed by atoms with Crippen molar-refractivity contribution in [3.05, 3.63) is 24.3 Å². The minimum absolute atomic E-state index is 0.0998. The Bertz CT molecular complexity index is 899. The number of sulfone groups is 1. The lowest BCUT2D eigenvalue weighted by Crippen LogP contribution is -2.38. The molecular formula is C13H15F3N2O6S2. The maximum absolute atomic E-state index is 12.9. The first-order chi connectivity index (χ1) is 11.9. The van der Waals surface area contributed by atoms with E-state index in [4.69, 9.17) is 0 Å². The van der Waals surface area contributed by atoms with Crippen LogP contribution in [0.1, 0.15) is 6.42 Å². The fraction of sp³-hybridized carbons (Fsp3) is 0.462. The SMILES string of the molecule is COC(=O)NC1CCN(S(=O)(=O)c2ccccc2S(=O)(=O)C(F)(F)F)C1. The van der Waals surface area contributed by atoms with Gasteiger partial charge in [-0.25, -0.2) is 21.6 Å². The number of nitrogens with zero attached hydrogens (tertiary/aromatic N) is 1. The topological polar surface area (TPSA) is 110 Å². The van der Waals surface area contributed by atoms with Gasteiger partial charge in [0.25, 0.3) is 9.84 Å². The molecule has 1 aliphatic heterocycles. The van der Waals surface area contributed by atoms with Crippen LogP contribution in [0.15, 0.2) is 34.1 Å². The number of benzene rings is 1. The molecule has 1 amide bonds. The molecule has 0 radical (unpaired) electrons. The summed E-state index contributed by atoms with van der Waals surface area (Å²) in [6.07, 6.45) is -0.586. The monoisotopic (exact) mass is 416 g/mol. The number of ether oxygens (including phenoxy) is 1. The van der Waals surface area contributed by atoms with E-state index in [9.17, 15) is 34.8 Å². The number of alkyl halides is 3. The first-order valence-corrected chi connectivity index (χ1v) is 10.1. The first-order valence-electron chi connectivity index (χ1n) is 7.16. The van der Waals surface area contributed by atoms with E-state index in [1.165, 1.54) is 0 Å². The summed E-state index contributed by atoms with van der Waals surface area (Å²) < 4.78 is 92.5. The number of carbonyl (C=O) groups excluding carboxylic acids is 1. The summed E-state index contributed by atoms with van der Waals surface area (Å²) in [5.74, 6) is 0. The molecule has 1 atom stereocenters. The third kappa shape index (κ3) is 3.78. The van der Waals surface area contributed by atoms with E-state index >= 15 is 0 Å². The Balaban J connectivity index is 2.39. The van der Waals surface area contributed by atoms with Gasteiger partial charge in [-0.1, -0.05) is 12.1 Å². The Hall–Kier alpha value is -1.86. The van der Waals surface area contributed by atoms with Gasteiger partial charge in [0.1, 0.15) is 4.90 Å². The van der Waals surface area contributed by atoms with E-state index in [0.29, 0.717) is 6.07 Å². The molecule has 1 aliphatic rings. The summed E-state index contributed by atoms with van der Waals surface area (Å²) in [6.45, 7) is -0.324. The van der Waals surface area contributed by atoms with Crippen LogP contribution < -0.4 is 5.32 Å². The highest BCUT2D eigenvalue weighted by Crippen LogP contribution is 2.35. The highest BCUT2D eigenvalue weighted by Gasteiger charge is 2.49. The quantitative estimate of drug-likeness (QED) is 0.787.